The zero-order valence-corrected chi connectivity index (χ0v) is 14.4. The molecule has 1 aromatic heterocycles. The molecule has 6 heteroatoms. The Hall–Kier alpha value is -1.95. The van der Waals surface area contributed by atoms with E-state index in [9.17, 15) is 4.79 Å². The number of nitrogens with zero attached hydrogens (tertiary/aromatic N) is 3. The van der Waals surface area contributed by atoms with E-state index in [0.717, 1.165) is 25.2 Å². The van der Waals surface area contributed by atoms with Gasteiger partial charge in [0, 0.05) is 25.8 Å². The zero-order chi connectivity index (χ0) is 16.8. The summed E-state index contributed by atoms with van der Waals surface area (Å²) in [6.45, 7) is 5.51. The number of ether oxygens (including phenoxy) is 1. The number of nitrogens with one attached hydrogen (secondary N) is 1. The highest BCUT2D eigenvalue weighted by Crippen LogP contribution is 2.19. The topological polar surface area (TPSA) is 67.3 Å². The molecule has 130 valence electrons. The molecule has 6 nitrogen and oxygen atoms in total. The third-order valence-corrected chi connectivity index (χ3v) is 4.62. The van der Waals surface area contributed by atoms with Crippen LogP contribution in [0.5, 0.6) is 0 Å². The van der Waals surface area contributed by atoms with Crippen LogP contribution in [0.25, 0.3) is 0 Å². The van der Waals surface area contributed by atoms with E-state index < -0.39 is 0 Å². The second-order valence-corrected chi connectivity index (χ2v) is 6.38. The molecule has 1 N–H and O–H groups in total. The lowest BCUT2D eigenvalue weighted by atomic mass is 9.97. The molecule has 0 radical (unpaired) electrons. The van der Waals surface area contributed by atoms with Gasteiger partial charge in [0.25, 0.3) is 5.91 Å². The van der Waals surface area contributed by atoms with Crippen LogP contribution in [-0.2, 0) is 4.74 Å². The second kappa shape index (κ2) is 8.24. The molecular formula is C18H26N4O2. The molecule has 1 aromatic rings. The molecule has 0 aromatic carbocycles. The van der Waals surface area contributed by atoms with Gasteiger partial charge in [-0.05, 0) is 39.0 Å². The van der Waals surface area contributed by atoms with Crippen molar-refractivity contribution in [1.29, 1.82) is 0 Å². The van der Waals surface area contributed by atoms with Gasteiger partial charge < -0.3 is 15.0 Å². The van der Waals surface area contributed by atoms with Crippen LogP contribution in [0.1, 0.15) is 48.2 Å². The van der Waals surface area contributed by atoms with Crippen LogP contribution < -0.4 is 10.2 Å². The van der Waals surface area contributed by atoms with Crippen LogP contribution in [0, 0.1) is 6.92 Å². The van der Waals surface area contributed by atoms with Crippen molar-refractivity contribution in [3.63, 3.8) is 0 Å². The van der Waals surface area contributed by atoms with E-state index in [2.05, 4.69) is 26.3 Å². The first kappa shape index (κ1) is 16.9. The third-order valence-electron chi connectivity index (χ3n) is 4.62. The Labute approximate surface area is 143 Å². The molecule has 24 heavy (non-hydrogen) atoms. The Bertz CT molecular complexity index is 609. The van der Waals surface area contributed by atoms with E-state index in [1.165, 1.54) is 31.3 Å². The fraction of sp³-hybridized carbons (Fsp3) is 0.611. The molecule has 3 rings (SSSR count). The maximum Gasteiger partial charge on any atom is 0.254 e. The van der Waals surface area contributed by atoms with Crippen molar-refractivity contribution in [2.24, 2.45) is 0 Å². The van der Waals surface area contributed by atoms with Crippen LogP contribution >= 0.6 is 0 Å². The molecule has 2 heterocycles. The van der Waals surface area contributed by atoms with Crippen molar-refractivity contribution in [2.45, 2.75) is 39.0 Å². The number of amides is 1. The number of carbonyl (C=O) groups excluding carboxylic acids is 1. The van der Waals surface area contributed by atoms with Crippen LogP contribution in [0.4, 0.5) is 5.95 Å². The number of aryl methyl sites for hydroxylation is 1. The number of hydrogen-bond donors (Lipinski definition) is 1. The summed E-state index contributed by atoms with van der Waals surface area (Å²) < 4.78 is 5.34. The standard InChI is InChI=1S/C18H26N4O2/c1-14-16(13-20-18(21-14)22-9-11-24-12-10-22)17(23)19-8-7-15-5-3-2-4-6-15/h5,13H,2-4,6-12H2,1H3,(H,19,23). The second-order valence-electron chi connectivity index (χ2n) is 6.38. The molecule has 0 spiro atoms. The lowest BCUT2D eigenvalue weighted by molar-refractivity contribution is 0.0952. The Morgan fingerprint density at radius 3 is 2.88 bits per heavy atom. The maximum absolute atomic E-state index is 12.4. The number of anilines is 1. The molecular weight excluding hydrogens is 304 g/mol. The van der Waals surface area contributed by atoms with Gasteiger partial charge in [-0.2, -0.15) is 0 Å². The number of carbonyl (C=O) groups is 1. The minimum absolute atomic E-state index is 0.0857. The lowest BCUT2D eigenvalue weighted by Gasteiger charge is -2.27. The van der Waals surface area contributed by atoms with Crippen LogP contribution in [0.15, 0.2) is 17.8 Å². The van der Waals surface area contributed by atoms with Crippen LogP contribution in [-0.4, -0.2) is 48.7 Å². The minimum Gasteiger partial charge on any atom is -0.378 e. The van der Waals surface area contributed by atoms with Crippen molar-refractivity contribution in [3.8, 4) is 0 Å². The summed E-state index contributed by atoms with van der Waals surface area (Å²) in [6.07, 6.45) is 9.82. The van der Waals surface area contributed by atoms with Gasteiger partial charge in [0.2, 0.25) is 5.95 Å². The zero-order valence-electron chi connectivity index (χ0n) is 14.4. The molecule has 1 saturated heterocycles. The Morgan fingerprint density at radius 2 is 2.17 bits per heavy atom. The average molecular weight is 330 g/mol. The number of hydrogen-bond acceptors (Lipinski definition) is 5. The SMILES string of the molecule is Cc1nc(N2CCOCC2)ncc1C(=O)NCCC1=CCCCC1. The molecule has 1 aliphatic carbocycles. The molecule has 1 amide bonds. The van der Waals surface area contributed by atoms with Gasteiger partial charge in [0.1, 0.15) is 0 Å². The quantitative estimate of drug-likeness (QED) is 0.839. The predicted molar refractivity (Wildman–Crippen MR) is 93.3 cm³/mol. The number of aromatic nitrogens is 2. The van der Waals surface area contributed by atoms with E-state index in [4.69, 9.17) is 4.74 Å². The molecule has 0 unspecified atom stereocenters. The predicted octanol–water partition coefficient (Wildman–Crippen LogP) is 2.24. The van der Waals surface area contributed by atoms with E-state index >= 15 is 0 Å². The number of allylic oxidation sites excluding steroid dienone is 1. The number of rotatable bonds is 5. The fourth-order valence-corrected chi connectivity index (χ4v) is 3.16. The molecule has 1 fully saturated rings. The summed E-state index contributed by atoms with van der Waals surface area (Å²) in [7, 11) is 0. The molecule has 0 atom stereocenters. The average Bonchev–Trinajstić information content (AvgIpc) is 2.63. The van der Waals surface area contributed by atoms with E-state index in [1.54, 1.807) is 6.20 Å². The van der Waals surface area contributed by atoms with Gasteiger partial charge in [0.15, 0.2) is 0 Å². The van der Waals surface area contributed by atoms with Crippen LogP contribution in [0.3, 0.4) is 0 Å². The van der Waals surface area contributed by atoms with Gasteiger partial charge in [-0.15, -0.1) is 0 Å². The minimum atomic E-state index is -0.0857. The van der Waals surface area contributed by atoms with Gasteiger partial charge in [-0.25, -0.2) is 9.97 Å². The maximum atomic E-state index is 12.4. The van der Waals surface area contributed by atoms with Crippen molar-refractivity contribution >= 4 is 11.9 Å². The number of morpholine rings is 1. The van der Waals surface area contributed by atoms with Crippen molar-refractivity contribution in [1.82, 2.24) is 15.3 Å². The van der Waals surface area contributed by atoms with Crippen LogP contribution in [0.2, 0.25) is 0 Å². The summed E-state index contributed by atoms with van der Waals surface area (Å²) >= 11 is 0. The normalized spacial score (nSPS) is 18.2. The smallest absolute Gasteiger partial charge is 0.254 e. The Morgan fingerprint density at radius 1 is 1.33 bits per heavy atom. The molecule has 1 aliphatic heterocycles. The lowest BCUT2D eigenvalue weighted by Crippen LogP contribution is -2.37. The highest BCUT2D eigenvalue weighted by atomic mass is 16.5. The fourth-order valence-electron chi connectivity index (χ4n) is 3.16. The van der Waals surface area contributed by atoms with Gasteiger partial charge in [-0.1, -0.05) is 11.6 Å². The highest BCUT2D eigenvalue weighted by molar-refractivity contribution is 5.95. The first-order valence-corrected chi connectivity index (χ1v) is 8.86. The monoisotopic (exact) mass is 330 g/mol. The van der Waals surface area contributed by atoms with Crippen molar-refractivity contribution in [2.75, 3.05) is 37.7 Å². The first-order chi connectivity index (χ1) is 11.7. The highest BCUT2D eigenvalue weighted by Gasteiger charge is 2.17. The summed E-state index contributed by atoms with van der Waals surface area (Å²) in [5, 5.41) is 2.99. The molecule has 0 saturated carbocycles. The molecule has 2 aliphatic rings. The van der Waals surface area contributed by atoms with Gasteiger partial charge in [0.05, 0.1) is 24.5 Å². The summed E-state index contributed by atoms with van der Waals surface area (Å²) in [5.74, 6) is 0.595. The van der Waals surface area contributed by atoms with Crippen molar-refractivity contribution in [3.05, 3.63) is 29.1 Å². The Balaban J connectivity index is 1.55. The summed E-state index contributed by atoms with van der Waals surface area (Å²) in [4.78, 5) is 23.3. The largest absolute Gasteiger partial charge is 0.378 e. The van der Waals surface area contributed by atoms with Gasteiger partial charge >= 0.3 is 0 Å². The first-order valence-electron chi connectivity index (χ1n) is 8.86. The van der Waals surface area contributed by atoms with Gasteiger partial charge in [-0.3, -0.25) is 4.79 Å². The summed E-state index contributed by atoms with van der Waals surface area (Å²) in [6, 6.07) is 0. The van der Waals surface area contributed by atoms with Crippen molar-refractivity contribution < 1.29 is 9.53 Å². The molecule has 0 bridgehead atoms. The Kier molecular flexibility index (Phi) is 5.80. The van der Waals surface area contributed by atoms with E-state index in [-0.39, 0.29) is 5.91 Å². The summed E-state index contributed by atoms with van der Waals surface area (Å²) in [5.41, 5.74) is 2.75. The van der Waals surface area contributed by atoms with E-state index in [1.807, 2.05) is 6.92 Å². The van der Waals surface area contributed by atoms with E-state index in [0.29, 0.717) is 31.3 Å². The third kappa shape index (κ3) is 4.32.